The summed E-state index contributed by atoms with van der Waals surface area (Å²) < 4.78 is 0. The first-order chi connectivity index (χ1) is 8.73. The summed E-state index contributed by atoms with van der Waals surface area (Å²) in [5, 5.41) is 6.79. The molecule has 5 nitrogen and oxygen atoms in total. The van der Waals surface area contributed by atoms with E-state index in [9.17, 15) is 4.79 Å². The fourth-order valence-corrected chi connectivity index (χ4v) is 2.37. The number of carbonyl (C=O) groups is 1. The molecular weight excluding hydrogens is 260 g/mol. The van der Waals surface area contributed by atoms with E-state index in [1.54, 1.807) is 0 Å². The SMILES string of the molecule is CCC(C)CNC(=O)c1sc(NC(C)(C)C)nc1N. The van der Waals surface area contributed by atoms with Crippen LogP contribution in [0.15, 0.2) is 0 Å². The number of nitrogen functional groups attached to an aromatic ring is 1. The lowest BCUT2D eigenvalue weighted by Crippen LogP contribution is -2.28. The molecule has 1 aromatic rings. The molecule has 1 amide bonds. The van der Waals surface area contributed by atoms with Crippen LogP contribution in [-0.4, -0.2) is 23.0 Å². The normalized spacial score (nSPS) is 13.1. The molecule has 1 atom stereocenters. The summed E-state index contributed by atoms with van der Waals surface area (Å²) in [6.07, 6.45) is 1.04. The van der Waals surface area contributed by atoms with Gasteiger partial charge in [0.15, 0.2) is 5.13 Å². The second-order valence-corrected chi connectivity index (χ2v) is 6.83. The number of nitrogens with zero attached hydrogens (tertiary/aromatic N) is 1. The molecule has 0 aliphatic carbocycles. The maximum absolute atomic E-state index is 12.0. The van der Waals surface area contributed by atoms with E-state index in [1.807, 2.05) is 20.8 Å². The van der Waals surface area contributed by atoms with E-state index in [0.29, 0.717) is 28.3 Å². The third kappa shape index (κ3) is 5.06. The Morgan fingerprint density at radius 1 is 1.47 bits per heavy atom. The van der Waals surface area contributed by atoms with Crippen molar-refractivity contribution in [2.75, 3.05) is 17.6 Å². The molecule has 0 aliphatic rings. The number of amides is 1. The highest BCUT2D eigenvalue weighted by Gasteiger charge is 2.19. The number of hydrogen-bond donors (Lipinski definition) is 3. The smallest absolute Gasteiger partial charge is 0.265 e. The molecule has 6 heteroatoms. The van der Waals surface area contributed by atoms with Crippen molar-refractivity contribution in [1.29, 1.82) is 0 Å². The third-order valence-electron chi connectivity index (χ3n) is 2.65. The Morgan fingerprint density at radius 2 is 2.11 bits per heavy atom. The number of anilines is 2. The fourth-order valence-electron chi connectivity index (χ4n) is 1.36. The number of rotatable bonds is 5. The molecule has 0 saturated carbocycles. The Balaban J connectivity index is 2.70. The molecule has 0 spiro atoms. The number of hydrogen-bond acceptors (Lipinski definition) is 5. The highest BCUT2D eigenvalue weighted by atomic mass is 32.1. The zero-order valence-electron chi connectivity index (χ0n) is 12.3. The Morgan fingerprint density at radius 3 is 2.63 bits per heavy atom. The third-order valence-corrected chi connectivity index (χ3v) is 3.63. The van der Waals surface area contributed by atoms with Crippen LogP contribution in [0.25, 0.3) is 0 Å². The molecule has 0 aromatic carbocycles. The van der Waals surface area contributed by atoms with Crippen LogP contribution in [0.2, 0.25) is 0 Å². The molecule has 0 radical (unpaired) electrons. The van der Waals surface area contributed by atoms with Crippen molar-refractivity contribution < 1.29 is 4.79 Å². The van der Waals surface area contributed by atoms with Gasteiger partial charge in [-0.25, -0.2) is 4.98 Å². The van der Waals surface area contributed by atoms with Gasteiger partial charge in [0, 0.05) is 12.1 Å². The monoisotopic (exact) mass is 284 g/mol. The van der Waals surface area contributed by atoms with Crippen LogP contribution < -0.4 is 16.4 Å². The predicted octanol–water partition coefficient (Wildman–Crippen LogP) is 2.71. The van der Waals surface area contributed by atoms with Crippen LogP contribution in [0.4, 0.5) is 10.9 Å². The molecule has 1 unspecified atom stereocenters. The lowest BCUT2D eigenvalue weighted by Gasteiger charge is -2.19. The highest BCUT2D eigenvalue weighted by molar-refractivity contribution is 7.18. The second-order valence-electron chi connectivity index (χ2n) is 5.83. The molecule has 1 heterocycles. The van der Waals surface area contributed by atoms with Crippen molar-refractivity contribution in [2.45, 2.75) is 46.6 Å². The zero-order valence-corrected chi connectivity index (χ0v) is 13.1. The van der Waals surface area contributed by atoms with Crippen LogP contribution >= 0.6 is 11.3 Å². The molecule has 1 aromatic heterocycles. The Kier molecular flexibility index (Phi) is 5.17. The molecule has 19 heavy (non-hydrogen) atoms. The minimum atomic E-state index is -0.141. The van der Waals surface area contributed by atoms with E-state index in [4.69, 9.17) is 5.73 Å². The van der Waals surface area contributed by atoms with Gasteiger partial charge in [0.2, 0.25) is 0 Å². The number of thiazole rings is 1. The van der Waals surface area contributed by atoms with Gasteiger partial charge >= 0.3 is 0 Å². The van der Waals surface area contributed by atoms with Crippen LogP contribution in [0.5, 0.6) is 0 Å². The van der Waals surface area contributed by atoms with Gasteiger partial charge in [0.05, 0.1) is 0 Å². The molecule has 0 saturated heterocycles. The first-order valence-electron chi connectivity index (χ1n) is 6.55. The van der Waals surface area contributed by atoms with E-state index in [1.165, 1.54) is 11.3 Å². The Labute approximate surface area is 119 Å². The number of carbonyl (C=O) groups excluding carboxylic acids is 1. The molecule has 0 bridgehead atoms. The van der Waals surface area contributed by atoms with Gasteiger partial charge in [-0.2, -0.15) is 0 Å². The van der Waals surface area contributed by atoms with Crippen molar-refractivity contribution in [3.05, 3.63) is 4.88 Å². The molecule has 4 N–H and O–H groups in total. The van der Waals surface area contributed by atoms with Gasteiger partial charge in [-0.3, -0.25) is 4.79 Å². The van der Waals surface area contributed by atoms with Crippen molar-refractivity contribution in [3.8, 4) is 0 Å². The van der Waals surface area contributed by atoms with E-state index >= 15 is 0 Å². The largest absolute Gasteiger partial charge is 0.382 e. The highest BCUT2D eigenvalue weighted by Crippen LogP contribution is 2.27. The molecular formula is C13H24N4OS. The summed E-state index contributed by atoms with van der Waals surface area (Å²) in [6.45, 7) is 11.0. The van der Waals surface area contributed by atoms with Crippen molar-refractivity contribution in [3.63, 3.8) is 0 Å². The van der Waals surface area contributed by atoms with Crippen molar-refractivity contribution in [2.24, 2.45) is 5.92 Å². The van der Waals surface area contributed by atoms with Gasteiger partial charge in [-0.05, 0) is 26.7 Å². The first-order valence-corrected chi connectivity index (χ1v) is 7.37. The van der Waals surface area contributed by atoms with Crippen LogP contribution in [0, 0.1) is 5.92 Å². The lowest BCUT2D eigenvalue weighted by molar-refractivity contribution is 0.0952. The second kappa shape index (κ2) is 6.23. The van der Waals surface area contributed by atoms with E-state index in [2.05, 4.69) is 29.5 Å². The van der Waals surface area contributed by atoms with E-state index in [0.717, 1.165) is 6.42 Å². The topological polar surface area (TPSA) is 80.0 Å². The standard InChI is InChI=1S/C13H24N4OS/c1-6-8(2)7-15-11(18)9-10(14)16-12(19-9)17-13(3,4)5/h8H,6-7,14H2,1-5H3,(H,15,18)(H,16,17). The van der Waals surface area contributed by atoms with E-state index in [-0.39, 0.29) is 11.4 Å². The molecule has 0 fully saturated rings. The Bertz CT molecular complexity index is 436. The van der Waals surface area contributed by atoms with Gasteiger partial charge in [0.25, 0.3) is 5.91 Å². The quantitative estimate of drug-likeness (QED) is 0.776. The number of aromatic nitrogens is 1. The summed E-state index contributed by atoms with van der Waals surface area (Å²) in [5.74, 6) is 0.612. The molecule has 0 aliphatic heterocycles. The van der Waals surface area contributed by atoms with Gasteiger partial charge < -0.3 is 16.4 Å². The summed E-state index contributed by atoms with van der Waals surface area (Å²) in [4.78, 5) is 16.7. The van der Waals surface area contributed by atoms with Crippen molar-refractivity contribution in [1.82, 2.24) is 10.3 Å². The molecule has 1 rings (SSSR count). The van der Waals surface area contributed by atoms with E-state index < -0.39 is 0 Å². The Hall–Kier alpha value is -1.30. The minimum absolute atomic E-state index is 0.102. The summed E-state index contributed by atoms with van der Waals surface area (Å²) >= 11 is 1.29. The fraction of sp³-hybridized carbons (Fsp3) is 0.692. The lowest BCUT2D eigenvalue weighted by atomic mass is 10.1. The van der Waals surface area contributed by atoms with Crippen LogP contribution in [0.3, 0.4) is 0 Å². The zero-order chi connectivity index (χ0) is 14.6. The summed E-state index contributed by atoms with van der Waals surface area (Å²) in [7, 11) is 0. The maximum atomic E-state index is 12.0. The van der Waals surface area contributed by atoms with Crippen LogP contribution in [-0.2, 0) is 0 Å². The average molecular weight is 284 g/mol. The van der Waals surface area contributed by atoms with Crippen LogP contribution in [0.1, 0.15) is 50.7 Å². The first kappa shape index (κ1) is 15.8. The van der Waals surface area contributed by atoms with Crippen molar-refractivity contribution >= 4 is 28.2 Å². The number of nitrogens with one attached hydrogen (secondary N) is 2. The van der Waals surface area contributed by atoms with Gasteiger partial charge in [0.1, 0.15) is 10.7 Å². The average Bonchev–Trinajstić information content (AvgIpc) is 2.64. The summed E-state index contributed by atoms with van der Waals surface area (Å²) in [5.41, 5.74) is 5.70. The maximum Gasteiger partial charge on any atom is 0.265 e. The van der Waals surface area contributed by atoms with Gasteiger partial charge in [-0.15, -0.1) is 0 Å². The predicted molar refractivity (Wildman–Crippen MR) is 81.7 cm³/mol. The number of nitrogens with two attached hydrogens (primary N) is 1. The molecule has 108 valence electrons. The summed E-state index contributed by atoms with van der Waals surface area (Å²) in [6, 6.07) is 0. The van der Waals surface area contributed by atoms with Gasteiger partial charge in [-0.1, -0.05) is 31.6 Å². The minimum Gasteiger partial charge on any atom is -0.382 e.